The average Bonchev–Trinajstić information content (AvgIpc) is 3.20. The Bertz CT molecular complexity index is 1020. The third-order valence-electron chi connectivity index (χ3n) is 5.68. The van der Waals surface area contributed by atoms with Crippen LogP contribution in [0.25, 0.3) is 0 Å². The molecule has 0 aliphatic carbocycles. The first-order chi connectivity index (χ1) is 15.1. The van der Waals surface area contributed by atoms with Crippen molar-refractivity contribution in [3.63, 3.8) is 0 Å². The summed E-state index contributed by atoms with van der Waals surface area (Å²) in [4.78, 5) is 31.1. The number of likely N-dealkylation sites (tertiary alicyclic amines) is 1. The number of hydrogen-bond donors (Lipinski definition) is 2. The summed E-state index contributed by atoms with van der Waals surface area (Å²) in [6.45, 7) is 3.87. The Morgan fingerprint density at radius 3 is 2.29 bits per heavy atom. The molecule has 0 bridgehead atoms. The zero-order chi connectivity index (χ0) is 21.6. The molecule has 7 heteroatoms. The highest BCUT2D eigenvalue weighted by Gasteiger charge is 2.27. The number of aromatic nitrogens is 2. The van der Waals surface area contributed by atoms with Crippen molar-refractivity contribution in [3.8, 4) is 0 Å². The number of imidazole rings is 1. The van der Waals surface area contributed by atoms with Crippen LogP contribution in [0.4, 0.5) is 16.2 Å². The van der Waals surface area contributed by atoms with Crippen molar-refractivity contribution in [3.05, 3.63) is 78.4 Å². The number of benzene rings is 2. The van der Waals surface area contributed by atoms with Crippen LogP contribution in [-0.2, 0) is 11.3 Å². The van der Waals surface area contributed by atoms with E-state index in [1.54, 1.807) is 11.1 Å². The molecule has 2 heterocycles. The number of para-hydroxylation sites is 1. The number of rotatable bonds is 5. The van der Waals surface area contributed by atoms with Gasteiger partial charge in [0.05, 0.1) is 0 Å². The van der Waals surface area contributed by atoms with E-state index in [1.165, 1.54) is 0 Å². The second-order valence-electron chi connectivity index (χ2n) is 7.85. The molecule has 7 nitrogen and oxygen atoms in total. The molecule has 3 aromatic rings. The van der Waals surface area contributed by atoms with Crippen molar-refractivity contribution in [2.45, 2.75) is 26.3 Å². The van der Waals surface area contributed by atoms with Gasteiger partial charge in [0.1, 0.15) is 5.82 Å². The lowest BCUT2D eigenvalue weighted by atomic mass is 9.96. The molecule has 2 N–H and O–H groups in total. The molecule has 1 aromatic heterocycles. The zero-order valence-corrected chi connectivity index (χ0v) is 17.6. The van der Waals surface area contributed by atoms with Crippen molar-refractivity contribution in [2.75, 3.05) is 23.7 Å². The van der Waals surface area contributed by atoms with E-state index in [4.69, 9.17) is 0 Å². The fourth-order valence-corrected chi connectivity index (χ4v) is 3.77. The first-order valence-electron chi connectivity index (χ1n) is 10.6. The number of piperidine rings is 1. The maximum atomic E-state index is 12.7. The molecule has 4 rings (SSSR count). The van der Waals surface area contributed by atoms with Gasteiger partial charge in [0.2, 0.25) is 5.91 Å². The standard InChI is InChI=1S/C24H27N5O2/c1-18-25-13-16-29(18)17-19-7-9-22(10-8-19)26-23(30)20-11-14-28(15-12-20)24(31)27-21-5-3-2-4-6-21/h2-10,13,16,20H,11-12,14-15,17H2,1H3,(H,26,30)(H,27,31). The molecular weight excluding hydrogens is 390 g/mol. The molecule has 0 saturated carbocycles. The quantitative estimate of drug-likeness (QED) is 0.655. The van der Waals surface area contributed by atoms with Crippen LogP contribution in [0.15, 0.2) is 67.0 Å². The summed E-state index contributed by atoms with van der Waals surface area (Å²) in [6.07, 6.45) is 5.07. The molecular formula is C24H27N5O2. The molecule has 2 aromatic carbocycles. The number of anilines is 2. The van der Waals surface area contributed by atoms with Gasteiger partial charge in [-0.25, -0.2) is 9.78 Å². The van der Waals surface area contributed by atoms with Crippen molar-refractivity contribution in [1.29, 1.82) is 0 Å². The minimum absolute atomic E-state index is 0.0151. The van der Waals surface area contributed by atoms with Crippen LogP contribution in [0.3, 0.4) is 0 Å². The highest BCUT2D eigenvalue weighted by molar-refractivity contribution is 5.93. The molecule has 1 aliphatic heterocycles. The number of nitrogens with one attached hydrogen (secondary N) is 2. The number of amides is 3. The Morgan fingerprint density at radius 1 is 0.968 bits per heavy atom. The smallest absolute Gasteiger partial charge is 0.321 e. The lowest BCUT2D eigenvalue weighted by molar-refractivity contribution is -0.121. The van der Waals surface area contributed by atoms with Crippen molar-refractivity contribution in [2.24, 2.45) is 5.92 Å². The fourth-order valence-electron chi connectivity index (χ4n) is 3.77. The van der Waals surface area contributed by atoms with Crippen LogP contribution < -0.4 is 10.6 Å². The van der Waals surface area contributed by atoms with Crippen LogP contribution in [-0.4, -0.2) is 39.5 Å². The van der Waals surface area contributed by atoms with Gasteiger partial charge in [-0.1, -0.05) is 30.3 Å². The maximum Gasteiger partial charge on any atom is 0.321 e. The molecule has 1 fully saturated rings. The lowest BCUT2D eigenvalue weighted by Crippen LogP contribution is -2.43. The van der Waals surface area contributed by atoms with Gasteiger partial charge in [0.15, 0.2) is 0 Å². The molecule has 160 valence electrons. The van der Waals surface area contributed by atoms with Gasteiger partial charge < -0.3 is 20.1 Å². The van der Waals surface area contributed by atoms with Gasteiger partial charge in [-0.15, -0.1) is 0 Å². The fraction of sp³-hybridized carbons (Fsp3) is 0.292. The Balaban J connectivity index is 1.25. The zero-order valence-electron chi connectivity index (χ0n) is 17.6. The van der Waals surface area contributed by atoms with Gasteiger partial charge in [0, 0.05) is 49.3 Å². The number of carbonyl (C=O) groups is 2. The minimum atomic E-state index is -0.117. The van der Waals surface area contributed by atoms with Crippen LogP contribution in [0, 0.1) is 12.8 Å². The SMILES string of the molecule is Cc1nccn1Cc1ccc(NC(=O)C2CCN(C(=O)Nc3ccccc3)CC2)cc1. The maximum absolute atomic E-state index is 12.7. The average molecular weight is 418 g/mol. The highest BCUT2D eigenvalue weighted by atomic mass is 16.2. The van der Waals surface area contributed by atoms with Gasteiger partial charge in [-0.05, 0) is 49.6 Å². The summed E-state index contributed by atoms with van der Waals surface area (Å²) >= 11 is 0. The van der Waals surface area contributed by atoms with E-state index in [2.05, 4.69) is 20.2 Å². The first-order valence-corrected chi connectivity index (χ1v) is 10.6. The van der Waals surface area contributed by atoms with Crippen LogP contribution in [0.5, 0.6) is 0 Å². The Labute approximate surface area is 182 Å². The Hall–Kier alpha value is -3.61. The van der Waals surface area contributed by atoms with Crippen LogP contribution in [0.2, 0.25) is 0 Å². The summed E-state index contributed by atoms with van der Waals surface area (Å²) in [7, 11) is 0. The van der Waals surface area contributed by atoms with E-state index >= 15 is 0 Å². The Morgan fingerprint density at radius 2 is 1.65 bits per heavy atom. The number of aryl methyl sites for hydroxylation is 1. The van der Waals surface area contributed by atoms with E-state index in [9.17, 15) is 9.59 Å². The van der Waals surface area contributed by atoms with E-state index < -0.39 is 0 Å². The Kier molecular flexibility index (Phi) is 6.31. The monoisotopic (exact) mass is 417 g/mol. The largest absolute Gasteiger partial charge is 0.331 e. The number of nitrogens with zero attached hydrogens (tertiary/aromatic N) is 3. The minimum Gasteiger partial charge on any atom is -0.331 e. The number of hydrogen-bond acceptors (Lipinski definition) is 3. The molecule has 0 atom stereocenters. The summed E-state index contributed by atoms with van der Waals surface area (Å²) in [5, 5.41) is 5.92. The van der Waals surface area contributed by atoms with Crippen LogP contribution >= 0.6 is 0 Å². The third kappa shape index (κ3) is 5.31. The second-order valence-corrected chi connectivity index (χ2v) is 7.85. The highest BCUT2D eigenvalue weighted by Crippen LogP contribution is 2.21. The number of carbonyl (C=O) groups excluding carboxylic acids is 2. The second kappa shape index (κ2) is 9.47. The van der Waals surface area contributed by atoms with Crippen molar-refractivity contribution < 1.29 is 9.59 Å². The van der Waals surface area contributed by atoms with Crippen molar-refractivity contribution in [1.82, 2.24) is 14.5 Å². The molecule has 31 heavy (non-hydrogen) atoms. The van der Waals surface area contributed by atoms with Crippen LogP contribution in [0.1, 0.15) is 24.2 Å². The predicted molar refractivity (Wildman–Crippen MR) is 121 cm³/mol. The molecule has 0 spiro atoms. The third-order valence-corrected chi connectivity index (χ3v) is 5.68. The normalized spacial score (nSPS) is 14.3. The number of urea groups is 1. The van der Waals surface area contributed by atoms with Gasteiger partial charge in [-0.3, -0.25) is 4.79 Å². The topological polar surface area (TPSA) is 79.3 Å². The molecule has 0 radical (unpaired) electrons. The van der Waals surface area contributed by atoms with E-state index in [1.807, 2.05) is 67.7 Å². The molecule has 1 aliphatic rings. The molecule has 1 saturated heterocycles. The van der Waals surface area contributed by atoms with Gasteiger partial charge in [0.25, 0.3) is 0 Å². The van der Waals surface area contributed by atoms with E-state index in [0.717, 1.165) is 29.3 Å². The summed E-state index contributed by atoms with van der Waals surface area (Å²) in [6, 6.07) is 17.2. The molecule has 3 amide bonds. The van der Waals surface area contributed by atoms with E-state index in [0.29, 0.717) is 25.9 Å². The first kappa shape index (κ1) is 20.7. The van der Waals surface area contributed by atoms with Gasteiger partial charge >= 0.3 is 6.03 Å². The summed E-state index contributed by atoms with van der Waals surface area (Å²) in [5.74, 6) is 0.900. The molecule has 0 unspecified atom stereocenters. The van der Waals surface area contributed by atoms with Crippen molar-refractivity contribution >= 4 is 23.3 Å². The van der Waals surface area contributed by atoms with Gasteiger partial charge in [-0.2, -0.15) is 0 Å². The predicted octanol–water partition coefficient (Wildman–Crippen LogP) is 4.12. The lowest BCUT2D eigenvalue weighted by Gasteiger charge is -2.31. The summed E-state index contributed by atoms with van der Waals surface area (Å²) < 4.78 is 2.08. The summed E-state index contributed by atoms with van der Waals surface area (Å²) in [5.41, 5.74) is 2.72. The van der Waals surface area contributed by atoms with E-state index in [-0.39, 0.29) is 17.9 Å².